The van der Waals surface area contributed by atoms with E-state index in [0.717, 1.165) is 29.1 Å². The van der Waals surface area contributed by atoms with Crippen LogP contribution in [0, 0.1) is 5.92 Å². The monoisotopic (exact) mass is 344 g/mol. The Kier molecular flexibility index (Phi) is 5.70. The number of nitrogens with two attached hydrogens (primary N) is 1. The van der Waals surface area contributed by atoms with Gasteiger partial charge in [-0.1, -0.05) is 40.9 Å². The van der Waals surface area contributed by atoms with Gasteiger partial charge in [-0.25, -0.2) is 0 Å². The second-order valence-corrected chi connectivity index (χ2v) is 6.62. The van der Waals surface area contributed by atoms with Gasteiger partial charge in [0.05, 0.1) is 0 Å². The van der Waals surface area contributed by atoms with Crippen LogP contribution >= 0.6 is 27.5 Å². The van der Waals surface area contributed by atoms with Crippen LogP contribution in [-0.2, 0) is 6.54 Å². The third-order valence-electron chi connectivity index (χ3n) is 4.18. The highest BCUT2D eigenvalue weighted by Gasteiger charge is 2.30. The Morgan fingerprint density at radius 1 is 1.42 bits per heavy atom. The number of hydrogen-bond donors (Lipinski definition) is 1. The van der Waals surface area contributed by atoms with Crippen LogP contribution in [0.15, 0.2) is 22.7 Å². The van der Waals surface area contributed by atoms with Crippen LogP contribution in [-0.4, -0.2) is 24.0 Å². The number of benzene rings is 1. The molecule has 19 heavy (non-hydrogen) atoms. The van der Waals surface area contributed by atoms with E-state index >= 15 is 0 Å². The van der Waals surface area contributed by atoms with Gasteiger partial charge in [-0.2, -0.15) is 0 Å². The first-order valence-electron chi connectivity index (χ1n) is 7.03. The van der Waals surface area contributed by atoms with Crippen LogP contribution < -0.4 is 5.73 Å². The van der Waals surface area contributed by atoms with Gasteiger partial charge in [0, 0.05) is 22.1 Å². The minimum Gasteiger partial charge on any atom is -0.330 e. The highest BCUT2D eigenvalue weighted by molar-refractivity contribution is 9.10. The van der Waals surface area contributed by atoms with Gasteiger partial charge in [0.1, 0.15) is 0 Å². The summed E-state index contributed by atoms with van der Waals surface area (Å²) in [5.41, 5.74) is 7.10. The summed E-state index contributed by atoms with van der Waals surface area (Å²) in [5.74, 6) is 0.644. The van der Waals surface area contributed by atoms with E-state index in [1.165, 1.54) is 24.8 Å². The normalized spacial score (nSPS) is 23.2. The molecule has 0 heterocycles. The summed E-state index contributed by atoms with van der Waals surface area (Å²) in [6.07, 6.45) is 3.83. The van der Waals surface area contributed by atoms with Crippen molar-refractivity contribution in [3.63, 3.8) is 0 Å². The quantitative estimate of drug-likeness (QED) is 0.872. The van der Waals surface area contributed by atoms with Gasteiger partial charge < -0.3 is 5.73 Å². The SMILES string of the molecule is CCN(Cc1cc(Br)ccc1Cl)C1CCCC1CN. The second kappa shape index (κ2) is 7.07. The number of hydrogen-bond acceptors (Lipinski definition) is 2. The average molecular weight is 346 g/mol. The summed E-state index contributed by atoms with van der Waals surface area (Å²) < 4.78 is 1.09. The zero-order chi connectivity index (χ0) is 13.8. The lowest BCUT2D eigenvalue weighted by Gasteiger charge is -2.32. The Labute approximate surface area is 129 Å². The summed E-state index contributed by atoms with van der Waals surface area (Å²) in [7, 11) is 0. The maximum Gasteiger partial charge on any atom is 0.0451 e. The zero-order valence-electron chi connectivity index (χ0n) is 11.4. The van der Waals surface area contributed by atoms with E-state index in [2.05, 4.69) is 33.8 Å². The third-order valence-corrected chi connectivity index (χ3v) is 5.04. The number of rotatable bonds is 5. The maximum atomic E-state index is 6.30. The first-order chi connectivity index (χ1) is 9.15. The number of halogens is 2. The van der Waals surface area contributed by atoms with Crippen LogP contribution in [0.3, 0.4) is 0 Å². The van der Waals surface area contributed by atoms with Crippen LogP contribution in [0.25, 0.3) is 0 Å². The first-order valence-corrected chi connectivity index (χ1v) is 8.20. The molecular weight excluding hydrogens is 324 g/mol. The molecule has 1 aromatic carbocycles. The lowest BCUT2D eigenvalue weighted by atomic mass is 10.0. The van der Waals surface area contributed by atoms with E-state index in [0.29, 0.717) is 12.0 Å². The molecule has 0 saturated heterocycles. The van der Waals surface area contributed by atoms with Gasteiger partial charge in [-0.3, -0.25) is 4.90 Å². The van der Waals surface area contributed by atoms with Crippen molar-refractivity contribution in [2.45, 2.75) is 38.8 Å². The molecule has 1 aliphatic carbocycles. The molecule has 2 N–H and O–H groups in total. The van der Waals surface area contributed by atoms with E-state index < -0.39 is 0 Å². The fraction of sp³-hybridized carbons (Fsp3) is 0.600. The predicted octanol–water partition coefficient (Wildman–Crippen LogP) is 4.05. The number of nitrogens with zero attached hydrogens (tertiary/aromatic N) is 1. The van der Waals surface area contributed by atoms with Gasteiger partial charge in [-0.05, 0) is 55.6 Å². The molecule has 4 heteroatoms. The van der Waals surface area contributed by atoms with Crippen molar-refractivity contribution < 1.29 is 0 Å². The van der Waals surface area contributed by atoms with Gasteiger partial charge in [-0.15, -0.1) is 0 Å². The van der Waals surface area contributed by atoms with E-state index in [9.17, 15) is 0 Å². The van der Waals surface area contributed by atoms with E-state index in [4.69, 9.17) is 17.3 Å². The van der Waals surface area contributed by atoms with Crippen LogP contribution in [0.1, 0.15) is 31.7 Å². The predicted molar refractivity (Wildman–Crippen MR) is 85.4 cm³/mol. The third kappa shape index (κ3) is 3.72. The van der Waals surface area contributed by atoms with E-state index in [1.807, 2.05) is 12.1 Å². The molecule has 0 bridgehead atoms. The van der Waals surface area contributed by atoms with Crippen molar-refractivity contribution in [2.75, 3.05) is 13.1 Å². The largest absolute Gasteiger partial charge is 0.330 e. The molecule has 0 radical (unpaired) electrons. The molecule has 2 unspecified atom stereocenters. The summed E-state index contributed by atoms with van der Waals surface area (Å²) in [5, 5.41) is 0.851. The van der Waals surface area contributed by atoms with Crippen molar-refractivity contribution >= 4 is 27.5 Å². The standard InChI is InChI=1S/C15H22BrClN2/c1-2-19(15-5-3-4-11(15)9-18)10-12-8-13(16)6-7-14(12)17/h6-8,11,15H,2-5,9-10,18H2,1H3. The molecule has 0 aromatic heterocycles. The van der Waals surface area contributed by atoms with Crippen LogP contribution in [0.5, 0.6) is 0 Å². The second-order valence-electron chi connectivity index (χ2n) is 5.29. The molecule has 2 nitrogen and oxygen atoms in total. The van der Waals surface area contributed by atoms with Crippen molar-refractivity contribution in [2.24, 2.45) is 11.7 Å². The van der Waals surface area contributed by atoms with E-state index in [-0.39, 0.29) is 0 Å². The van der Waals surface area contributed by atoms with Crippen LogP contribution in [0.2, 0.25) is 5.02 Å². The maximum absolute atomic E-state index is 6.30. The summed E-state index contributed by atoms with van der Waals surface area (Å²) >= 11 is 9.82. The molecule has 0 spiro atoms. The van der Waals surface area contributed by atoms with Crippen molar-refractivity contribution in [3.05, 3.63) is 33.3 Å². The Hall–Kier alpha value is -0.0900. The molecule has 2 atom stereocenters. The highest BCUT2D eigenvalue weighted by atomic mass is 79.9. The highest BCUT2D eigenvalue weighted by Crippen LogP contribution is 2.31. The molecule has 1 saturated carbocycles. The molecule has 1 aliphatic rings. The van der Waals surface area contributed by atoms with Crippen molar-refractivity contribution in [3.8, 4) is 0 Å². The fourth-order valence-corrected chi connectivity index (χ4v) is 3.71. The fourth-order valence-electron chi connectivity index (χ4n) is 3.12. The Morgan fingerprint density at radius 2 is 2.21 bits per heavy atom. The van der Waals surface area contributed by atoms with Crippen molar-refractivity contribution in [1.82, 2.24) is 4.90 Å². The topological polar surface area (TPSA) is 29.3 Å². The lowest BCUT2D eigenvalue weighted by Crippen LogP contribution is -2.39. The molecule has 0 aliphatic heterocycles. The van der Waals surface area contributed by atoms with Gasteiger partial charge in [0.15, 0.2) is 0 Å². The summed E-state index contributed by atoms with van der Waals surface area (Å²) in [4.78, 5) is 2.53. The van der Waals surface area contributed by atoms with Gasteiger partial charge in [0.25, 0.3) is 0 Å². The first kappa shape index (κ1) is 15.3. The minimum atomic E-state index is 0.616. The summed E-state index contributed by atoms with van der Waals surface area (Å²) in [6, 6.07) is 6.69. The molecule has 2 rings (SSSR count). The average Bonchev–Trinajstić information content (AvgIpc) is 2.88. The van der Waals surface area contributed by atoms with Crippen LogP contribution in [0.4, 0.5) is 0 Å². The Bertz CT molecular complexity index is 425. The van der Waals surface area contributed by atoms with Crippen molar-refractivity contribution in [1.29, 1.82) is 0 Å². The van der Waals surface area contributed by atoms with Gasteiger partial charge in [0.2, 0.25) is 0 Å². The molecule has 0 amide bonds. The van der Waals surface area contributed by atoms with E-state index in [1.54, 1.807) is 0 Å². The smallest absolute Gasteiger partial charge is 0.0451 e. The molecule has 1 aromatic rings. The molecule has 106 valence electrons. The lowest BCUT2D eigenvalue weighted by molar-refractivity contribution is 0.162. The summed E-state index contributed by atoms with van der Waals surface area (Å²) in [6.45, 7) is 4.98. The zero-order valence-corrected chi connectivity index (χ0v) is 13.8. The Balaban J connectivity index is 2.12. The minimum absolute atomic E-state index is 0.616. The molecular formula is C15H22BrClN2. The molecule has 1 fully saturated rings. The van der Waals surface area contributed by atoms with Gasteiger partial charge >= 0.3 is 0 Å². The Morgan fingerprint density at radius 3 is 2.89 bits per heavy atom.